The van der Waals surface area contributed by atoms with E-state index in [4.69, 9.17) is 5.73 Å². The minimum Gasteiger partial charge on any atom is -0.396 e. The van der Waals surface area contributed by atoms with Crippen molar-refractivity contribution in [3.05, 3.63) is 18.2 Å². The quantitative estimate of drug-likeness (QED) is 0.633. The van der Waals surface area contributed by atoms with Crippen LogP contribution in [0.4, 0.5) is 0 Å². The van der Waals surface area contributed by atoms with E-state index in [0.717, 1.165) is 51.4 Å². The second kappa shape index (κ2) is 8.36. The Morgan fingerprint density at radius 3 is 3.05 bits per heavy atom. The Kier molecular flexibility index (Phi) is 6.46. The summed E-state index contributed by atoms with van der Waals surface area (Å²) >= 11 is 0. The molecule has 0 saturated carbocycles. The molecule has 1 saturated heterocycles. The highest BCUT2D eigenvalue weighted by molar-refractivity contribution is 4.91. The Morgan fingerprint density at radius 1 is 1.40 bits per heavy atom. The van der Waals surface area contributed by atoms with Gasteiger partial charge in [0.15, 0.2) is 0 Å². The third-order valence-corrected chi connectivity index (χ3v) is 3.99. The molecular weight excluding hydrogens is 254 g/mol. The normalized spacial score (nSPS) is 20.5. The van der Waals surface area contributed by atoms with Crippen molar-refractivity contribution in [1.29, 1.82) is 0 Å². The van der Waals surface area contributed by atoms with Crippen LogP contribution in [0.25, 0.3) is 0 Å². The lowest BCUT2D eigenvalue weighted by molar-refractivity contribution is 0.186. The van der Waals surface area contributed by atoms with Crippen molar-refractivity contribution in [2.45, 2.75) is 25.3 Å². The molecule has 2 heterocycles. The minimum absolute atomic E-state index is 0.00490. The molecule has 0 amide bonds. The molecule has 1 fully saturated rings. The smallest absolute Gasteiger partial charge is 0.106 e. The SMILES string of the molecule is NC(CCN1CCC[N]CC1)C(CO)Cc1ncc[nH]1. The highest BCUT2D eigenvalue weighted by atomic mass is 16.3. The molecule has 2 rings (SSSR count). The number of nitrogens with one attached hydrogen (secondary N) is 1. The van der Waals surface area contributed by atoms with E-state index in [0.29, 0.717) is 6.42 Å². The highest BCUT2D eigenvalue weighted by Crippen LogP contribution is 2.11. The summed E-state index contributed by atoms with van der Waals surface area (Å²) in [6, 6.07) is 0.00490. The van der Waals surface area contributed by atoms with E-state index in [1.807, 2.05) is 0 Å². The molecule has 0 aromatic carbocycles. The molecule has 2 unspecified atom stereocenters. The fraction of sp³-hybridized carbons (Fsp3) is 0.786. The van der Waals surface area contributed by atoms with E-state index >= 15 is 0 Å². The fourth-order valence-corrected chi connectivity index (χ4v) is 2.64. The zero-order valence-corrected chi connectivity index (χ0v) is 12.0. The lowest BCUT2D eigenvalue weighted by atomic mass is 9.94. The van der Waals surface area contributed by atoms with Gasteiger partial charge in [-0.15, -0.1) is 0 Å². The topological polar surface area (TPSA) is 92.3 Å². The molecule has 4 N–H and O–H groups in total. The van der Waals surface area contributed by atoms with Crippen LogP contribution >= 0.6 is 0 Å². The third-order valence-electron chi connectivity index (χ3n) is 3.99. The van der Waals surface area contributed by atoms with Gasteiger partial charge in [-0.3, -0.25) is 0 Å². The van der Waals surface area contributed by atoms with Crippen molar-refractivity contribution in [3.63, 3.8) is 0 Å². The number of aliphatic hydroxyl groups is 1. The summed E-state index contributed by atoms with van der Waals surface area (Å²) in [7, 11) is 0. The molecule has 1 aliphatic rings. The predicted molar refractivity (Wildman–Crippen MR) is 78.4 cm³/mol. The van der Waals surface area contributed by atoms with Crippen LogP contribution in [0.3, 0.4) is 0 Å². The molecule has 1 aliphatic heterocycles. The number of aromatic nitrogens is 2. The lowest BCUT2D eigenvalue weighted by Gasteiger charge is -2.25. The maximum Gasteiger partial charge on any atom is 0.106 e. The van der Waals surface area contributed by atoms with Crippen LogP contribution in [-0.2, 0) is 6.42 Å². The number of nitrogens with two attached hydrogens (primary N) is 1. The Morgan fingerprint density at radius 2 is 2.30 bits per heavy atom. The number of aliphatic hydroxyl groups excluding tert-OH is 1. The highest BCUT2D eigenvalue weighted by Gasteiger charge is 2.20. The minimum atomic E-state index is 0.00490. The van der Waals surface area contributed by atoms with E-state index in [1.54, 1.807) is 12.4 Å². The fourth-order valence-electron chi connectivity index (χ4n) is 2.64. The maximum absolute atomic E-state index is 9.53. The van der Waals surface area contributed by atoms with Crippen LogP contribution in [0.1, 0.15) is 18.7 Å². The Bertz CT molecular complexity index is 348. The van der Waals surface area contributed by atoms with Crippen LogP contribution < -0.4 is 11.1 Å². The number of nitrogens with zero attached hydrogens (tertiary/aromatic N) is 3. The number of rotatable bonds is 7. The molecule has 1 aromatic heterocycles. The molecule has 0 bridgehead atoms. The summed E-state index contributed by atoms with van der Waals surface area (Å²) < 4.78 is 0. The van der Waals surface area contributed by atoms with Crippen molar-refractivity contribution >= 4 is 0 Å². The molecule has 6 nitrogen and oxygen atoms in total. The molecule has 20 heavy (non-hydrogen) atoms. The first-order valence-electron chi connectivity index (χ1n) is 7.50. The standard InChI is InChI=1S/C14H26N5O/c15-13(2-8-19-7-1-3-16-6-9-19)12(11-20)10-14-17-4-5-18-14/h4-5,12-13,20H,1-3,6-11,15H2,(H,17,18). The van der Waals surface area contributed by atoms with Crippen molar-refractivity contribution < 1.29 is 5.11 Å². The average molecular weight is 280 g/mol. The number of hydrogen-bond acceptors (Lipinski definition) is 4. The molecule has 1 aromatic rings. The lowest BCUT2D eigenvalue weighted by Crippen LogP contribution is -2.38. The van der Waals surface area contributed by atoms with Crippen LogP contribution in [0.15, 0.2) is 12.4 Å². The van der Waals surface area contributed by atoms with Gasteiger partial charge in [-0.2, -0.15) is 0 Å². The molecule has 0 spiro atoms. The first-order chi connectivity index (χ1) is 9.79. The predicted octanol–water partition coefficient (Wildman–Crippen LogP) is -0.412. The van der Waals surface area contributed by atoms with Crippen LogP contribution in [0, 0.1) is 5.92 Å². The molecule has 2 atom stereocenters. The van der Waals surface area contributed by atoms with Crippen molar-refractivity contribution in [2.24, 2.45) is 11.7 Å². The van der Waals surface area contributed by atoms with E-state index in [-0.39, 0.29) is 18.6 Å². The summed E-state index contributed by atoms with van der Waals surface area (Å²) in [6.07, 6.45) is 6.29. The van der Waals surface area contributed by atoms with Crippen LogP contribution in [0.2, 0.25) is 0 Å². The Labute approximate surface area is 120 Å². The second-order valence-electron chi connectivity index (χ2n) is 5.50. The van der Waals surface area contributed by atoms with Gasteiger partial charge in [-0.1, -0.05) is 0 Å². The monoisotopic (exact) mass is 280 g/mol. The van der Waals surface area contributed by atoms with Crippen molar-refractivity contribution in [3.8, 4) is 0 Å². The van der Waals surface area contributed by atoms with Gasteiger partial charge < -0.3 is 20.7 Å². The number of H-pyrrole nitrogens is 1. The Balaban J connectivity index is 1.75. The van der Waals surface area contributed by atoms with E-state index < -0.39 is 0 Å². The summed E-state index contributed by atoms with van der Waals surface area (Å²) in [5, 5.41) is 14.0. The second-order valence-corrected chi connectivity index (χ2v) is 5.50. The summed E-state index contributed by atoms with van der Waals surface area (Å²) in [5.74, 6) is 0.964. The number of imidazole rings is 1. The van der Waals surface area contributed by atoms with E-state index in [2.05, 4.69) is 20.2 Å². The Hall–Kier alpha value is -0.950. The van der Waals surface area contributed by atoms with E-state index in [9.17, 15) is 5.11 Å². The molecule has 1 radical (unpaired) electrons. The summed E-state index contributed by atoms with van der Waals surface area (Å²) in [4.78, 5) is 9.70. The van der Waals surface area contributed by atoms with Gasteiger partial charge in [-0.05, 0) is 25.9 Å². The largest absolute Gasteiger partial charge is 0.396 e. The van der Waals surface area contributed by atoms with Crippen molar-refractivity contribution in [1.82, 2.24) is 20.2 Å². The molecule has 113 valence electrons. The first-order valence-corrected chi connectivity index (χ1v) is 7.50. The van der Waals surface area contributed by atoms with Crippen LogP contribution in [0.5, 0.6) is 0 Å². The van der Waals surface area contributed by atoms with Crippen molar-refractivity contribution in [2.75, 3.05) is 39.3 Å². The average Bonchev–Trinajstić information content (AvgIpc) is 2.84. The van der Waals surface area contributed by atoms with Gasteiger partial charge in [0.1, 0.15) is 5.82 Å². The van der Waals surface area contributed by atoms with Gasteiger partial charge in [0.2, 0.25) is 0 Å². The van der Waals surface area contributed by atoms with Gasteiger partial charge >= 0.3 is 0 Å². The number of aromatic amines is 1. The maximum atomic E-state index is 9.53. The summed E-state index contributed by atoms with van der Waals surface area (Å²) in [5.41, 5.74) is 6.25. The molecule has 0 aliphatic carbocycles. The molecule has 6 heteroatoms. The van der Waals surface area contributed by atoms with Gasteiger partial charge in [0.05, 0.1) is 0 Å². The molecular formula is C14H26N5O. The zero-order chi connectivity index (χ0) is 14.2. The van der Waals surface area contributed by atoms with Gasteiger partial charge in [-0.25, -0.2) is 10.3 Å². The summed E-state index contributed by atoms with van der Waals surface area (Å²) in [6.45, 7) is 5.17. The third kappa shape index (κ3) is 4.86. The number of hydrogen-bond donors (Lipinski definition) is 3. The van der Waals surface area contributed by atoms with E-state index in [1.165, 1.54) is 0 Å². The first kappa shape index (κ1) is 15.4. The van der Waals surface area contributed by atoms with Gasteiger partial charge in [0.25, 0.3) is 0 Å². The zero-order valence-electron chi connectivity index (χ0n) is 12.0. The van der Waals surface area contributed by atoms with Gasteiger partial charge in [0, 0.05) is 57.0 Å². The van der Waals surface area contributed by atoms with Crippen LogP contribution in [-0.4, -0.2) is 65.3 Å².